The van der Waals surface area contributed by atoms with E-state index < -0.39 is 5.97 Å². The number of nitrogens with one attached hydrogen (secondary N) is 1. The number of nitrogens with zero attached hydrogens (tertiary/aromatic N) is 2. The highest BCUT2D eigenvalue weighted by molar-refractivity contribution is 7.80. The molecule has 0 unspecified atom stereocenters. The van der Waals surface area contributed by atoms with E-state index in [0.29, 0.717) is 28.7 Å². The van der Waals surface area contributed by atoms with Crippen LogP contribution < -0.4 is 5.32 Å². The number of carboxylic acids is 1. The fourth-order valence-corrected chi connectivity index (χ4v) is 3.94. The Hall–Kier alpha value is -3.23. The Morgan fingerprint density at radius 1 is 1.17 bits per heavy atom. The van der Waals surface area contributed by atoms with Gasteiger partial charge in [-0.1, -0.05) is 24.3 Å². The van der Waals surface area contributed by atoms with Gasteiger partial charge in [-0.05, 0) is 42.5 Å². The van der Waals surface area contributed by atoms with Gasteiger partial charge in [0.15, 0.2) is 5.11 Å². The average Bonchev–Trinajstić information content (AvgIpc) is 3.34. The third-order valence-corrected chi connectivity index (χ3v) is 5.23. The van der Waals surface area contributed by atoms with E-state index in [1.165, 1.54) is 0 Å². The molecule has 0 radical (unpaired) electrons. The smallest absolute Gasteiger partial charge is 0.336 e. The normalized spacial score (nSPS) is 18.7. The van der Waals surface area contributed by atoms with Crippen molar-refractivity contribution in [2.45, 2.75) is 12.1 Å². The predicted molar refractivity (Wildman–Crippen MR) is 110 cm³/mol. The Morgan fingerprint density at radius 2 is 1.97 bits per heavy atom. The van der Waals surface area contributed by atoms with Crippen LogP contribution in [-0.2, 0) is 0 Å². The molecule has 4 rings (SSSR count). The van der Waals surface area contributed by atoms with Crippen molar-refractivity contribution >= 4 is 23.3 Å². The number of hydrogen-bond donors (Lipinski definition) is 3. The first-order valence-electron chi connectivity index (χ1n) is 9.11. The van der Waals surface area contributed by atoms with E-state index in [4.69, 9.17) is 16.6 Å². The first-order chi connectivity index (χ1) is 14.1. The fraction of sp³-hybridized carbons (Fsp3) is 0.190. The lowest BCUT2D eigenvalue weighted by Gasteiger charge is -2.25. The van der Waals surface area contributed by atoms with Crippen LogP contribution in [0.5, 0.6) is 0 Å². The van der Waals surface area contributed by atoms with Crippen LogP contribution >= 0.6 is 12.2 Å². The Balaban J connectivity index is 1.75. The number of thiocarbonyl (C=S) groups is 1. The van der Waals surface area contributed by atoms with E-state index in [1.54, 1.807) is 36.5 Å². The van der Waals surface area contributed by atoms with Gasteiger partial charge in [-0.25, -0.2) is 4.79 Å². The summed E-state index contributed by atoms with van der Waals surface area (Å²) in [5.74, 6) is 0.0479. The van der Waals surface area contributed by atoms with Gasteiger partial charge in [0, 0.05) is 18.3 Å². The summed E-state index contributed by atoms with van der Waals surface area (Å²) >= 11 is 5.47. The maximum Gasteiger partial charge on any atom is 0.336 e. The second-order valence-corrected chi connectivity index (χ2v) is 6.98. The van der Waals surface area contributed by atoms with Gasteiger partial charge < -0.3 is 24.8 Å². The number of β-amino-alcohol motifs (C(OH)–C–C–N with tert-alkyl or cyclic N) is 1. The van der Waals surface area contributed by atoms with Gasteiger partial charge in [-0.15, -0.1) is 0 Å². The molecule has 1 aliphatic heterocycles. The number of benzene rings is 1. The summed E-state index contributed by atoms with van der Waals surface area (Å²) in [6.07, 6.45) is 1.71. The maximum absolute atomic E-state index is 11.6. The zero-order chi connectivity index (χ0) is 20.4. The molecule has 2 aromatic heterocycles. The third kappa shape index (κ3) is 3.59. The number of pyridine rings is 1. The molecule has 0 aliphatic carbocycles. The Kier molecular flexibility index (Phi) is 5.28. The first kappa shape index (κ1) is 19.1. The SMILES string of the molecule is O=C(O)c1ccccc1-c1ccc([C@H]2[C@@H](c3ccccn3)NC(=S)N2CCO)o1. The Bertz CT molecular complexity index is 1040. The lowest BCUT2D eigenvalue weighted by Crippen LogP contribution is -2.32. The van der Waals surface area contributed by atoms with Crippen molar-refractivity contribution in [1.82, 2.24) is 15.2 Å². The molecule has 0 amide bonds. The van der Waals surface area contributed by atoms with Crippen molar-refractivity contribution < 1.29 is 19.4 Å². The van der Waals surface area contributed by atoms with Crippen LogP contribution in [0.2, 0.25) is 0 Å². The minimum absolute atomic E-state index is 0.0668. The predicted octanol–water partition coefficient (Wildman–Crippen LogP) is 3.00. The Morgan fingerprint density at radius 3 is 2.69 bits per heavy atom. The molecule has 8 heteroatoms. The second-order valence-electron chi connectivity index (χ2n) is 6.60. The van der Waals surface area contributed by atoms with Crippen LogP contribution in [0, 0.1) is 0 Å². The quantitative estimate of drug-likeness (QED) is 0.535. The maximum atomic E-state index is 11.6. The summed E-state index contributed by atoms with van der Waals surface area (Å²) in [4.78, 5) is 17.9. The minimum atomic E-state index is -1.02. The molecule has 1 saturated heterocycles. The molecule has 3 N–H and O–H groups in total. The van der Waals surface area contributed by atoms with Crippen LogP contribution in [0.4, 0.5) is 0 Å². The highest BCUT2D eigenvalue weighted by Gasteiger charge is 2.41. The summed E-state index contributed by atoms with van der Waals surface area (Å²) < 4.78 is 6.11. The van der Waals surface area contributed by atoms with Gasteiger partial charge in [-0.3, -0.25) is 4.98 Å². The number of carbonyl (C=O) groups is 1. The number of aliphatic hydroxyl groups excluding tert-OH is 1. The average molecular weight is 409 g/mol. The number of aliphatic hydroxyl groups is 1. The zero-order valence-electron chi connectivity index (χ0n) is 15.4. The molecule has 1 aromatic carbocycles. The molecule has 1 fully saturated rings. The molecule has 148 valence electrons. The van der Waals surface area contributed by atoms with Crippen LogP contribution in [0.3, 0.4) is 0 Å². The number of aromatic nitrogens is 1. The molecule has 0 saturated carbocycles. The summed E-state index contributed by atoms with van der Waals surface area (Å²) in [5, 5.41) is 22.7. The van der Waals surface area contributed by atoms with Crippen molar-refractivity contribution in [3.63, 3.8) is 0 Å². The highest BCUT2D eigenvalue weighted by Crippen LogP contribution is 2.40. The van der Waals surface area contributed by atoms with E-state index in [9.17, 15) is 15.0 Å². The van der Waals surface area contributed by atoms with Gasteiger partial charge in [0.1, 0.15) is 17.6 Å². The largest absolute Gasteiger partial charge is 0.478 e. The number of hydrogen-bond acceptors (Lipinski definition) is 5. The summed E-state index contributed by atoms with van der Waals surface area (Å²) in [6.45, 7) is 0.268. The van der Waals surface area contributed by atoms with E-state index in [0.717, 1.165) is 5.69 Å². The van der Waals surface area contributed by atoms with E-state index in [-0.39, 0.29) is 24.3 Å². The molecule has 2 atom stereocenters. The molecule has 0 spiro atoms. The summed E-state index contributed by atoms with van der Waals surface area (Å²) in [7, 11) is 0. The van der Waals surface area contributed by atoms with Gasteiger partial charge in [-0.2, -0.15) is 0 Å². The number of furan rings is 1. The summed E-state index contributed by atoms with van der Waals surface area (Å²) in [6, 6.07) is 15.3. The highest BCUT2D eigenvalue weighted by atomic mass is 32.1. The van der Waals surface area contributed by atoms with Crippen molar-refractivity contribution in [2.24, 2.45) is 0 Å². The molecule has 3 heterocycles. The van der Waals surface area contributed by atoms with Gasteiger partial charge in [0.25, 0.3) is 0 Å². The third-order valence-electron chi connectivity index (χ3n) is 4.88. The van der Waals surface area contributed by atoms with E-state index >= 15 is 0 Å². The van der Waals surface area contributed by atoms with E-state index in [2.05, 4.69) is 10.3 Å². The molecule has 7 nitrogen and oxygen atoms in total. The molecular weight excluding hydrogens is 390 g/mol. The molecule has 29 heavy (non-hydrogen) atoms. The zero-order valence-corrected chi connectivity index (χ0v) is 16.2. The van der Waals surface area contributed by atoms with Crippen molar-refractivity contribution in [1.29, 1.82) is 0 Å². The van der Waals surface area contributed by atoms with Gasteiger partial charge in [0.05, 0.1) is 23.9 Å². The van der Waals surface area contributed by atoms with Crippen LogP contribution in [0.15, 0.2) is 65.2 Å². The number of aromatic carboxylic acids is 1. The lowest BCUT2D eigenvalue weighted by molar-refractivity contribution is 0.0697. The first-order valence-corrected chi connectivity index (χ1v) is 9.52. The lowest BCUT2D eigenvalue weighted by atomic mass is 10.0. The van der Waals surface area contributed by atoms with Crippen LogP contribution in [0.25, 0.3) is 11.3 Å². The number of rotatable bonds is 6. The minimum Gasteiger partial charge on any atom is -0.478 e. The van der Waals surface area contributed by atoms with Crippen molar-refractivity contribution in [3.05, 3.63) is 77.8 Å². The van der Waals surface area contributed by atoms with Crippen LogP contribution in [0.1, 0.15) is 33.9 Å². The topological polar surface area (TPSA) is 98.8 Å². The van der Waals surface area contributed by atoms with Gasteiger partial charge >= 0.3 is 5.97 Å². The molecule has 1 aliphatic rings. The Labute approximate surface area is 172 Å². The van der Waals surface area contributed by atoms with Crippen LogP contribution in [-0.4, -0.2) is 44.3 Å². The van der Waals surface area contributed by atoms with E-state index in [1.807, 2.05) is 29.2 Å². The number of carboxylic acid groups (broad SMARTS) is 1. The molecular formula is C21H19N3O4S. The molecule has 0 bridgehead atoms. The fourth-order valence-electron chi connectivity index (χ4n) is 3.60. The molecule has 3 aromatic rings. The second kappa shape index (κ2) is 8.02. The van der Waals surface area contributed by atoms with Crippen molar-refractivity contribution in [3.8, 4) is 11.3 Å². The summed E-state index contributed by atoms with van der Waals surface area (Å²) in [5.41, 5.74) is 1.47. The van der Waals surface area contributed by atoms with Crippen molar-refractivity contribution in [2.75, 3.05) is 13.2 Å². The standard InChI is InChI=1S/C21H19N3O4S/c25-12-11-24-19(18(23-21(24)29)15-7-3-4-10-22-15)17-9-8-16(28-17)13-5-1-2-6-14(13)20(26)27/h1-10,18-19,25H,11-12H2,(H,23,29)(H,26,27)/t18-,19+/m1/s1. The van der Waals surface area contributed by atoms with Gasteiger partial charge in [0.2, 0.25) is 0 Å². The monoisotopic (exact) mass is 409 g/mol.